The standard InChI is InChI=1S/C23H22N4O3/c1-15-5-7-16(8-6-15)13-27-14-18(10-21(27)29)23(30)26-19-11-24-22(25-12-19)17-3-2-4-20(28)9-17/h2-9,11-12,18,28H,10,13-14H2,1H3,(H,26,30). The van der Waals surface area contributed by atoms with Crippen LogP contribution < -0.4 is 5.32 Å². The fraction of sp³-hybridized carbons (Fsp3) is 0.217. The second kappa shape index (κ2) is 8.32. The predicted octanol–water partition coefficient (Wildman–Crippen LogP) is 3.14. The number of phenolic OH excluding ortho intramolecular Hbond substituents is 1. The molecule has 1 unspecified atom stereocenters. The molecule has 1 aliphatic heterocycles. The maximum atomic E-state index is 12.6. The number of benzene rings is 2. The number of anilines is 1. The lowest BCUT2D eigenvalue weighted by Gasteiger charge is -2.17. The summed E-state index contributed by atoms with van der Waals surface area (Å²) >= 11 is 0. The van der Waals surface area contributed by atoms with Gasteiger partial charge in [-0.3, -0.25) is 9.59 Å². The van der Waals surface area contributed by atoms with Crippen LogP contribution in [0.5, 0.6) is 5.75 Å². The highest BCUT2D eigenvalue weighted by atomic mass is 16.3. The zero-order chi connectivity index (χ0) is 21.1. The van der Waals surface area contributed by atoms with Crippen molar-refractivity contribution in [1.82, 2.24) is 14.9 Å². The van der Waals surface area contributed by atoms with E-state index in [1.807, 2.05) is 31.2 Å². The molecule has 152 valence electrons. The fourth-order valence-corrected chi connectivity index (χ4v) is 3.45. The minimum Gasteiger partial charge on any atom is -0.508 e. The van der Waals surface area contributed by atoms with Gasteiger partial charge in [0.25, 0.3) is 0 Å². The number of rotatable bonds is 5. The van der Waals surface area contributed by atoms with Crippen LogP contribution in [0.25, 0.3) is 11.4 Å². The Bertz CT molecular complexity index is 1060. The van der Waals surface area contributed by atoms with Gasteiger partial charge >= 0.3 is 0 Å². The maximum Gasteiger partial charge on any atom is 0.229 e. The van der Waals surface area contributed by atoms with Crippen LogP contribution in [0.15, 0.2) is 60.9 Å². The summed E-state index contributed by atoms with van der Waals surface area (Å²) in [6.45, 7) is 2.91. The summed E-state index contributed by atoms with van der Waals surface area (Å²) in [7, 11) is 0. The van der Waals surface area contributed by atoms with Crippen molar-refractivity contribution < 1.29 is 14.7 Å². The topological polar surface area (TPSA) is 95.4 Å². The molecule has 7 heteroatoms. The lowest BCUT2D eigenvalue weighted by Crippen LogP contribution is -2.28. The van der Waals surface area contributed by atoms with Crippen LogP contribution in [0, 0.1) is 12.8 Å². The molecule has 0 aliphatic carbocycles. The molecule has 4 rings (SSSR count). The highest BCUT2D eigenvalue weighted by Gasteiger charge is 2.34. The Morgan fingerprint density at radius 3 is 2.60 bits per heavy atom. The Labute approximate surface area is 174 Å². The van der Waals surface area contributed by atoms with E-state index in [-0.39, 0.29) is 24.0 Å². The summed E-state index contributed by atoms with van der Waals surface area (Å²) in [5, 5.41) is 12.4. The lowest BCUT2D eigenvalue weighted by molar-refractivity contribution is -0.128. The van der Waals surface area contributed by atoms with Crippen LogP contribution in [0.3, 0.4) is 0 Å². The number of aromatic nitrogens is 2. The molecule has 7 nitrogen and oxygen atoms in total. The van der Waals surface area contributed by atoms with Gasteiger partial charge in [-0.25, -0.2) is 9.97 Å². The molecule has 1 aromatic heterocycles. The maximum absolute atomic E-state index is 12.6. The number of likely N-dealkylation sites (tertiary alicyclic amines) is 1. The van der Waals surface area contributed by atoms with Crippen molar-refractivity contribution in [3.05, 3.63) is 72.1 Å². The van der Waals surface area contributed by atoms with Gasteiger partial charge in [0.1, 0.15) is 5.75 Å². The van der Waals surface area contributed by atoms with Gasteiger partial charge in [-0.2, -0.15) is 0 Å². The van der Waals surface area contributed by atoms with Gasteiger partial charge in [-0.05, 0) is 24.6 Å². The second-order valence-electron chi connectivity index (χ2n) is 7.50. The van der Waals surface area contributed by atoms with Crippen LogP contribution in [0.2, 0.25) is 0 Å². The molecule has 0 spiro atoms. The average molecular weight is 402 g/mol. The number of nitrogens with zero attached hydrogens (tertiary/aromatic N) is 3. The molecule has 30 heavy (non-hydrogen) atoms. The largest absolute Gasteiger partial charge is 0.508 e. The Kier molecular flexibility index (Phi) is 5.43. The zero-order valence-electron chi connectivity index (χ0n) is 16.6. The second-order valence-corrected chi connectivity index (χ2v) is 7.50. The van der Waals surface area contributed by atoms with E-state index in [1.54, 1.807) is 29.2 Å². The van der Waals surface area contributed by atoms with E-state index >= 15 is 0 Å². The molecule has 2 heterocycles. The summed E-state index contributed by atoms with van der Waals surface area (Å²) in [6, 6.07) is 14.7. The molecule has 2 N–H and O–H groups in total. The fourth-order valence-electron chi connectivity index (χ4n) is 3.45. The van der Waals surface area contributed by atoms with Gasteiger partial charge < -0.3 is 15.3 Å². The highest BCUT2D eigenvalue weighted by Crippen LogP contribution is 2.23. The summed E-state index contributed by atoms with van der Waals surface area (Å²) in [6.07, 6.45) is 3.23. The van der Waals surface area contributed by atoms with Crippen molar-refractivity contribution in [2.45, 2.75) is 19.9 Å². The van der Waals surface area contributed by atoms with E-state index < -0.39 is 5.92 Å². The van der Waals surface area contributed by atoms with Gasteiger partial charge in [0.2, 0.25) is 11.8 Å². The third kappa shape index (κ3) is 4.46. The first-order valence-electron chi connectivity index (χ1n) is 9.73. The number of hydrogen-bond donors (Lipinski definition) is 2. The monoisotopic (exact) mass is 402 g/mol. The van der Waals surface area contributed by atoms with E-state index in [0.717, 1.165) is 5.56 Å². The van der Waals surface area contributed by atoms with Crippen LogP contribution in [0.1, 0.15) is 17.5 Å². The molecule has 0 bridgehead atoms. The van der Waals surface area contributed by atoms with Crippen LogP contribution in [0.4, 0.5) is 5.69 Å². The van der Waals surface area contributed by atoms with E-state index in [4.69, 9.17) is 0 Å². The van der Waals surface area contributed by atoms with E-state index in [1.165, 1.54) is 18.0 Å². The number of aromatic hydroxyl groups is 1. The Morgan fingerprint density at radius 1 is 1.17 bits per heavy atom. The summed E-state index contributed by atoms with van der Waals surface area (Å²) in [4.78, 5) is 35.2. The average Bonchev–Trinajstić information content (AvgIpc) is 3.11. The van der Waals surface area contributed by atoms with Crippen LogP contribution in [-0.2, 0) is 16.1 Å². The first kappa shape index (κ1) is 19.6. The number of aryl methyl sites for hydroxylation is 1. The van der Waals surface area contributed by atoms with Crippen LogP contribution >= 0.6 is 0 Å². The van der Waals surface area contributed by atoms with Crippen LogP contribution in [-0.4, -0.2) is 38.3 Å². The SMILES string of the molecule is Cc1ccc(CN2CC(C(=O)Nc3cnc(-c4cccc(O)c4)nc3)CC2=O)cc1. The summed E-state index contributed by atoms with van der Waals surface area (Å²) < 4.78 is 0. The molecule has 2 amide bonds. The van der Waals surface area contributed by atoms with Gasteiger partial charge in [0.05, 0.1) is 24.0 Å². The molecule has 1 fully saturated rings. The van der Waals surface area contributed by atoms with Crippen molar-refractivity contribution in [2.75, 3.05) is 11.9 Å². The number of phenols is 1. The van der Waals surface area contributed by atoms with E-state index in [0.29, 0.717) is 30.2 Å². The molecular formula is C23H22N4O3. The first-order valence-corrected chi connectivity index (χ1v) is 9.73. The Hall–Kier alpha value is -3.74. The van der Waals surface area contributed by atoms with Crippen molar-refractivity contribution in [3.63, 3.8) is 0 Å². The molecule has 1 atom stereocenters. The zero-order valence-corrected chi connectivity index (χ0v) is 16.6. The Morgan fingerprint density at radius 2 is 1.90 bits per heavy atom. The summed E-state index contributed by atoms with van der Waals surface area (Å²) in [5.41, 5.74) is 3.36. The van der Waals surface area contributed by atoms with Crippen molar-refractivity contribution >= 4 is 17.5 Å². The third-order valence-electron chi connectivity index (χ3n) is 5.10. The third-order valence-corrected chi connectivity index (χ3v) is 5.10. The quantitative estimate of drug-likeness (QED) is 0.684. The van der Waals surface area contributed by atoms with E-state index in [9.17, 15) is 14.7 Å². The number of carbonyl (C=O) groups excluding carboxylic acids is 2. The number of hydrogen-bond acceptors (Lipinski definition) is 5. The number of nitrogens with one attached hydrogen (secondary N) is 1. The smallest absolute Gasteiger partial charge is 0.229 e. The molecule has 0 radical (unpaired) electrons. The Balaban J connectivity index is 1.37. The minimum absolute atomic E-state index is 0.0220. The van der Waals surface area contributed by atoms with Gasteiger partial charge in [-0.1, -0.05) is 42.0 Å². The minimum atomic E-state index is -0.409. The molecular weight excluding hydrogens is 380 g/mol. The molecule has 3 aromatic rings. The van der Waals surface area contributed by atoms with Crippen molar-refractivity contribution in [1.29, 1.82) is 0 Å². The predicted molar refractivity (Wildman–Crippen MR) is 112 cm³/mol. The number of amides is 2. The van der Waals surface area contributed by atoms with Gasteiger partial charge in [0, 0.05) is 25.1 Å². The van der Waals surface area contributed by atoms with Crippen molar-refractivity contribution in [3.8, 4) is 17.1 Å². The van der Waals surface area contributed by atoms with Gasteiger partial charge in [0.15, 0.2) is 5.82 Å². The first-order chi connectivity index (χ1) is 14.5. The molecule has 1 aliphatic rings. The molecule has 0 saturated carbocycles. The normalized spacial score (nSPS) is 16.0. The highest BCUT2D eigenvalue weighted by molar-refractivity contribution is 5.97. The number of carbonyl (C=O) groups is 2. The van der Waals surface area contributed by atoms with E-state index in [2.05, 4.69) is 15.3 Å². The van der Waals surface area contributed by atoms with Crippen molar-refractivity contribution in [2.24, 2.45) is 5.92 Å². The summed E-state index contributed by atoms with van der Waals surface area (Å²) in [5.74, 6) is -0.0675. The molecule has 1 saturated heterocycles. The molecule has 2 aromatic carbocycles. The van der Waals surface area contributed by atoms with Gasteiger partial charge in [-0.15, -0.1) is 0 Å². The lowest BCUT2D eigenvalue weighted by atomic mass is 10.1.